The molecule has 0 aliphatic heterocycles. The van der Waals surface area contributed by atoms with E-state index in [4.69, 9.17) is 0 Å². The third-order valence-corrected chi connectivity index (χ3v) is 1.18. The van der Waals surface area contributed by atoms with Crippen molar-refractivity contribution in [3.8, 4) is 5.88 Å². The fourth-order valence-corrected chi connectivity index (χ4v) is 0.698. The van der Waals surface area contributed by atoms with Crippen LogP contribution < -0.4 is 0 Å². The molecule has 1 aromatic heterocycles. The molecule has 0 fully saturated rings. The van der Waals surface area contributed by atoms with Crippen LogP contribution in [0.3, 0.4) is 0 Å². The molecule has 0 saturated carbocycles. The van der Waals surface area contributed by atoms with Gasteiger partial charge in [-0.1, -0.05) is 12.1 Å². The Kier molecular flexibility index (Phi) is 2.05. The van der Waals surface area contributed by atoms with Gasteiger partial charge in [-0.25, -0.2) is 4.98 Å². The Morgan fingerprint density at radius 2 is 2.40 bits per heavy atom. The second-order valence-corrected chi connectivity index (χ2v) is 2.00. The SMILES string of the molecule is C=CCc1ccc([O])nc1. The molecule has 0 aliphatic carbocycles. The molecule has 1 rings (SSSR count). The molecule has 0 amide bonds. The van der Waals surface area contributed by atoms with E-state index in [1.54, 1.807) is 18.3 Å². The Morgan fingerprint density at radius 3 is 2.90 bits per heavy atom. The predicted molar refractivity (Wildman–Crippen MR) is 38.3 cm³/mol. The monoisotopic (exact) mass is 134 g/mol. The summed E-state index contributed by atoms with van der Waals surface area (Å²) in [5.74, 6) is -0.187. The van der Waals surface area contributed by atoms with Gasteiger partial charge < -0.3 is 0 Å². The van der Waals surface area contributed by atoms with E-state index >= 15 is 0 Å². The Labute approximate surface area is 59.9 Å². The average molecular weight is 134 g/mol. The molecule has 0 saturated heterocycles. The zero-order chi connectivity index (χ0) is 7.40. The Morgan fingerprint density at radius 1 is 1.60 bits per heavy atom. The van der Waals surface area contributed by atoms with Gasteiger partial charge in [0.1, 0.15) is 0 Å². The lowest BCUT2D eigenvalue weighted by molar-refractivity contribution is 0.337. The average Bonchev–Trinajstić information content (AvgIpc) is 1.95. The maximum atomic E-state index is 10.5. The van der Waals surface area contributed by atoms with Crippen LogP contribution in [-0.4, -0.2) is 4.98 Å². The molecule has 1 radical (unpaired) electrons. The van der Waals surface area contributed by atoms with Crippen LogP contribution in [0.4, 0.5) is 0 Å². The number of rotatable bonds is 2. The van der Waals surface area contributed by atoms with Crippen LogP contribution in [-0.2, 0) is 11.5 Å². The summed E-state index contributed by atoms with van der Waals surface area (Å²) in [4.78, 5) is 3.59. The molecule has 2 heteroatoms. The lowest BCUT2D eigenvalue weighted by Gasteiger charge is -1.92. The molecule has 10 heavy (non-hydrogen) atoms. The molecule has 1 aromatic rings. The quantitative estimate of drug-likeness (QED) is 0.569. The maximum absolute atomic E-state index is 10.5. The molecule has 0 N–H and O–H groups in total. The summed E-state index contributed by atoms with van der Waals surface area (Å²) in [6.45, 7) is 3.57. The second-order valence-electron chi connectivity index (χ2n) is 2.00. The summed E-state index contributed by atoms with van der Waals surface area (Å²) in [6, 6.07) is 3.22. The van der Waals surface area contributed by atoms with E-state index in [1.807, 2.05) is 0 Å². The first-order chi connectivity index (χ1) is 4.83. The normalized spacial score (nSPS) is 9.20. The van der Waals surface area contributed by atoms with Crippen molar-refractivity contribution in [3.05, 3.63) is 36.5 Å². The van der Waals surface area contributed by atoms with Crippen LogP contribution in [0.15, 0.2) is 31.0 Å². The van der Waals surface area contributed by atoms with Crippen LogP contribution in [0.1, 0.15) is 5.56 Å². The van der Waals surface area contributed by atoms with E-state index in [1.165, 1.54) is 6.07 Å². The predicted octanol–water partition coefficient (Wildman–Crippen LogP) is 1.95. The number of allylic oxidation sites excluding steroid dienone is 1. The van der Waals surface area contributed by atoms with Crippen LogP contribution in [0, 0.1) is 0 Å². The van der Waals surface area contributed by atoms with Crippen molar-refractivity contribution >= 4 is 0 Å². The fourth-order valence-electron chi connectivity index (χ4n) is 0.698. The van der Waals surface area contributed by atoms with E-state index in [0.29, 0.717) is 0 Å². The first kappa shape index (κ1) is 6.81. The van der Waals surface area contributed by atoms with Crippen molar-refractivity contribution in [2.24, 2.45) is 0 Å². The first-order valence-corrected chi connectivity index (χ1v) is 3.06. The fraction of sp³-hybridized carbons (Fsp3) is 0.125. The summed E-state index contributed by atoms with van der Waals surface area (Å²) in [6.07, 6.45) is 4.12. The first-order valence-electron chi connectivity index (χ1n) is 3.06. The van der Waals surface area contributed by atoms with Crippen molar-refractivity contribution in [1.29, 1.82) is 0 Å². The molecule has 0 aliphatic rings. The Balaban J connectivity index is 2.78. The van der Waals surface area contributed by atoms with Gasteiger partial charge in [0.15, 0.2) is 0 Å². The molecule has 2 nitrogen and oxygen atoms in total. The lowest BCUT2D eigenvalue weighted by atomic mass is 10.2. The highest BCUT2D eigenvalue weighted by molar-refractivity contribution is 5.18. The van der Waals surface area contributed by atoms with Crippen molar-refractivity contribution in [1.82, 2.24) is 4.98 Å². The highest BCUT2D eigenvalue weighted by Gasteiger charge is 1.91. The highest BCUT2D eigenvalue weighted by atomic mass is 16.3. The zero-order valence-electron chi connectivity index (χ0n) is 5.58. The van der Waals surface area contributed by atoms with Gasteiger partial charge in [0.2, 0.25) is 0 Å². The van der Waals surface area contributed by atoms with E-state index in [9.17, 15) is 5.11 Å². The maximum Gasteiger partial charge on any atom is 0.269 e. The van der Waals surface area contributed by atoms with E-state index in [0.717, 1.165) is 12.0 Å². The third-order valence-electron chi connectivity index (χ3n) is 1.18. The van der Waals surface area contributed by atoms with E-state index < -0.39 is 0 Å². The van der Waals surface area contributed by atoms with E-state index in [-0.39, 0.29) is 5.88 Å². The second kappa shape index (κ2) is 3.01. The Hall–Kier alpha value is -1.31. The molecule has 0 bridgehead atoms. The number of nitrogens with zero attached hydrogens (tertiary/aromatic N) is 1. The van der Waals surface area contributed by atoms with Crippen molar-refractivity contribution in [2.75, 3.05) is 0 Å². The van der Waals surface area contributed by atoms with Crippen LogP contribution in [0.2, 0.25) is 0 Å². The van der Waals surface area contributed by atoms with Gasteiger partial charge in [0.25, 0.3) is 5.88 Å². The molecular weight excluding hydrogens is 126 g/mol. The summed E-state index contributed by atoms with van der Waals surface area (Å²) in [5.41, 5.74) is 1.02. The largest absolute Gasteiger partial charge is 0.269 e. The lowest BCUT2D eigenvalue weighted by Crippen LogP contribution is -1.80. The van der Waals surface area contributed by atoms with Crippen molar-refractivity contribution in [3.63, 3.8) is 0 Å². The molecule has 0 spiro atoms. The number of hydrogen-bond acceptors (Lipinski definition) is 1. The summed E-state index contributed by atoms with van der Waals surface area (Å²) in [7, 11) is 0. The topological polar surface area (TPSA) is 32.8 Å². The molecule has 0 unspecified atom stereocenters. The molecule has 0 atom stereocenters. The van der Waals surface area contributed by atoms with E-state index in [2.05, 4.69) is 11.6 Å². The van der Waals surface area contributed by atoms with Gasteiger partial charge in [0, 0.05) is 12.3 Å². The van der Waals surface area contributed by atoms with Gasteiger partial charge in [-0.3, -0.25) is 5.11 Å². The van der Waals surface area contributed by atoms with Crippen LogP contribution >= 0.6 is 0 Å². The minimum Gasteiger partial charge on any atom is -0.267 e. The summed E-state index contributed by atoms with van der Waals surface area (Å²) in [5, 5.41) is 10.5. The number of hydrogen-bond donors (Lipinski definition) is 0. The molecule has 51 valence electrons. The van der Waals surface area contributed by atoms with Gasteiger partial charge in [0.05, 0.1) is 0 Å². The number of aromatic nitrogens is 1. The van der Waals surface area contributed by atoms with Gasteiger partial charge >= 0.3 is 0 Å². The molecule has 1 heterocycles. The van der Waals surface area contributed by atoms with Gasteiger partial charge in [-0.05, 0) is 12.0 Å². The van der Waals surface area contributed by atoms with Crippen LogP contribution in [0.25, 0.3) is 0 Å². The minimum atomic E-state index is -0.187. The van der Waals surface area contributed by atoms with Crippen molar-refractivity contribution < 1.29 is 5.11 Å². The van der Waals surface area contributed by atoms with Crippen LogP contribution in [0.5, 0.6) is 5.88 Å². The number of pyridine rings is 1. The third kappa shape index (κ3) is 1.58. The van der Waals surface area contributed by atoms with Crippen molar-refractivity contribution in [2.45, 2.75) is 6.42 Å². The zero-order valence-corrected chi connectivity index (χ0v) is 5.58. The molecular formula is C8H8NO. The van der Waals surface area contributed by atoms with Gasteiger partial charge in [-0.15, -0.1) is 6.58 Å². The minimum absolute atomic E-state index is 0.187. The standard InChI is InChI=1S/C8H8NO/c1-2-3-7-4-5-8(10)9-6-7/h2,4-6H,1,3H2. The highest BCUT2D eigenvalue weighted by Crippen LogP contribution is 2.05. The summed E-state index contributed by atoms with van der Waals surface area (Å²) >= 11 is 0. The molecule has 0 aromatic carbocycles. The Bertz CT molecular complexity index is 215. The van der Waals surface area contributed by atoms with Gasteiger partial charge in [-0.2, -0.15) is 0 Å². The summed E-state index contributed by atoms with van der Waals surface area (Å²) < 4.78 is 0. The smallest absolute Gasteiger partial charge is 0.267 e.